The Morgan fingerprint density at radius 3 is 3.10 bits per heavy atom. The summed E-state index contributed by atoms with van der Waals surface area (Å²) in [6.07, 6.45) is 3.32. The minimum absolute atomic E-state index is 0.0695. The number of ether oxygens (including phenoxy) is 1. The third-order valence-electron chi connectivity index (χ3n) is 4.71. The standard InChI is InChI=1S/C16H22ClNOS/c1-11-2-3-13(17)8-14(11)15(18)12-4-6-19-16(9-12)5-7-20-10-16/h2-3,8,12,15H,4-7,9-10,18H2,1H3. The van der Waals surface area contributed by atoms with Crippen LogP contribution < -0.4 is 5.73 Å². The maximum atomic E-state index is 6.57. The molecule has 0 bridgehead atoms. The lowest BCUT2D eigenvalue weighted by atomic mass is 9.78. The van der Waals surface area contributed by atoms with Crippen LogP contribution in [-0.2, 0) is 4.74 Å². The molecule has 110 valence electrons. The zero-order valence-electron chi connectivity index (χ0n) is 11.9. The predicted octanol–water partition coefficient (Wildman–Crippen LogP) is 3.95. The first-order chi connectivity index (χ1) is 9.60. The van der Waals surface area contributed by atoms with Crippen molar-refractivity contribution in [3.63, 3.8) is 0 Å². The lowest BCUT2D eigenvalue weighted by Gasteiger charge is -2.40. The van der Waals surface area contributed by atoms with Crippen molar-refractivity contribution in [3.05, 3.63) is 34.3 Å². The number of hydrogen-bond donors (Lipinski definition) is 1. The zero-order valence-corrected chi connectivity index (χ0v) is 13.5. The van der Waals surface area contributed by atoms with E-state index in [9.17, 15) is 0 Å². The molecule has 2 N–H and O–H groups in total. The first-order valence-corrected chi connectivity index (χ1v) is 8.86. The second-order valence-corrected chi connectivity index (χ2v) is 7.66. The molecule has 0 radical (unpaired) electrons. The van der Waals surface area contributed by atoms with Gasteiger partial charge < -0.3 is 10.5 Å². The minimum Gasteiger partial charge on any atom is -0.374 e. The number of aryl methyl sites for hydroxylation is 1. The average molecular weight is 312 g/mol. The zero-order chi connectivity index (χ0) is 14.2. The van der Waals surface area contributed by atoms with Crippen LogP contribution >= 0.6 is 23.4 Å². The first-order valence-electron chi connectivity index (χ1n) is 7.33. The molecule has 1 spiro atoms. The van der Waals surface area contributed by atoms with E-state index in [2.05, 4.69) is 13.0 Å². The third kappa shape index (κ3) is 2.87. The van der Waals surface area contributed by atoms with Crippen LogP contribution in [-0.4, -0.2) is 23.7 Å². The van der Waals surface area contributed by atoms with Gasteiger partial charge in [0.15, 0.2) is 0 Å². The van der Waals surface area contributed by atoms with E-state index < -0.39 is 0 Å². The summed E-state index contributed by atoms with van der Waals surface area (Å²) in [5, 5.41) is 0.777. The van der Waals surface area contributed by atoms with Crippen molar-refractivity contribution in [2.45, 2.75) is 37.8 Å². The Labute approximate surface area is 130 Å². The van der Waals surface area contributed by atoms with Gasteiger partial charge in [0.1, 0.15) is 0 Å². The Morgan fingerprint density at radius 2 is 2.35 bits per heavy atom. The van der Waals surface area contributed by atoms with Crippen LogP contribution in [0, 0.1) is 12.8 Å². The predicted molar refractivity (Wildman–Crippen MR) is 86.5 cm³/mol. The highest BCUT2D eigenvalue weighted by Gasteiger charge is 2.42. The van der Waals surface area contributed by atoms with Gasteiger partial charge in [0.05, 0.1) is 5.60 Å². The minimum atomic E-state index is 0.0695. The number of hydrogen-bond acceptors (Lipinski definition) is 3. The number of rotatable bonds is 2. The molecule has 4 heteroatoms. The van der Waals surface area contributed by atoms with Gasteiger partial charge in [-0.05, 0) is 61.1 Å². The van der Waals surface area contributed by atoms with E-state index in [1.54, 1.807) is 0 Å². The third-order valence-corrected chi connectivity index (χ3v) is 6.16. The molecule has 2 saturated heterocycles. The van der Waals surface area contributed by atoms with Crippen LogP contribution in [0.25, 0.3) is 0 Å². The van der Waals surface area contributed by atoms with Crippen molar-refractivity contribution in [2.24, 2.45) is 11.7 Å². The largest absolute Gasteiger partial charge is 0.374 e. The van der Waals surface area contributed by atoms with E-state index in [1.807, 2.05) is 23.9 Å². The fraction of sp³-hybridized carbons (Fsp3) is 0.625. The van der Waals surface area contributed by atoms with Crippen LogP contribution in [0.1, 0.15) is 36.4 Å². The highest BCUT2D eigenvalue weighted by atomic mass is 35.5. The van der Waals surface area contributed by atoms with Gasteiger partial charge in [0.25, 0.3) is 0 Å². The molecule has 0 saturated carbocycles. The van der Waals surface area contributed by atoms with Gasteiger partial charge in [-0.3, -0.25) is 0 Å². The molecule has 2 aliphatic rings. The SMILES string of the molecule is Cc1ccc(Cl)cc1C(N)C1CCOC2(CCSC2)C1. The molecular formula is C16H22ClNOS. The summed E-state index contributed by atoms with van der Waals surface area (Å²) in [7, 11) is 0. The van der Waals surface area contributed by atoms with E-state index in [0.29, 0.717) is 5.92 Å². The lowest BCUT2D eigenvalue weighted by Crippen LogP contribution is -2.42. The number of halogens is 1. The molecule has 2 heterocycles. The number of benzene rings is 1. The molecule has 0 aromatic heterocycles. The normalized spacial score (nSPS) is 31.6. The van der Waals surface area contributed by atoms with Crippen LogP contribution in [0.4, 0.5) is 0 Å². The number of thioether (sulfide) groups is 1. The molecule has 1 aromatic rings. The van der Waals surface area contributed by atoms with Gasteiger partial charge in [0.2, 0.25) is 0 Å². The fourth-order valence-electron chi connectivity index (χ4n) is 3.46. The van der Waals surface area contributed by atoms with Crippen molar-refractivity contribution < 1.29 is 4.74 Å². The molecule has 3 rings (SSSR count). The van der Waals surface area contributed by atoms with Gasteiger partial charge in [-0.1, -0.05) is 17.7 Å². The van der Waals surface area contributed by atoms with E-state index in [0.717, 1.165) is 30.2 Å². The highest BCUT2D eigenvalue weighted by molar-refractivity contribution is 7.99. The molecule has 20 heavy (non-hydrogen) atoms. The maximum absolute atomic E-state index is 6.57. The molecule has 0 aliphatic carbocycles. The van der Waals surface area contributed by atoms with Gasteiger partial charge in [-0.2, -0.15) is 11.8 Å². The topological polar surface area (TPSA) is 35.2 Å². The quantitative estimate of drug-likeness (QED) is 0.898. The van der Waals surface area contributed by atoms with Crippen LogP contribution in [0.2, 0.25) is 5.02 Å². The Kier molecular flexibility index (Phi) is 4.32. The second-order valence-electron chi connectivity index (χ2n) is 6.11. The summed E-state index contributed by atoms with van der Waals surface area (Å²) in [4.78, 5) is 0. The van der Waals surface area contributed by atoms with E-state index in [-0.39, 0.29) is 11.6 Å². The molecule has 2 fully saturated rings. The fourth-order valence-corrected chi connectivity index (χ4v) is 5.02. The molecule has 3 atom stereocenters. The summed E-state index contributed by atoms with van der Waals surface area (Å²) in [6.45, 7) is 2.96. The molecule has 0 amide bonds. The van der Waals surface area contributed by atoms with Crippen molar-refractivity contribution in [1.29, 1.82) is 0 Å². The van der Waals surface area contributed by atoms with Gasteiger partial charge in [-0.25, -0.2) is 0 Å². The van der Waals surface area contributed by atoms with E-state index in [1.165, 1.54) is 23.3 Å². The number of nitrogens with two attached hydrogens (primary N) is 1. The van der Waals surface area contributed by atoms with Crippen molar-refractivity contribution in [3.8, 4) is 0 Å². The first kappa shape index (κ1) is 14.7. The molecule has 1 aromatic carbocycles. The second kappa shape index (κ2) is 5.88. The summed E-state index contributed by atoms with van der Waals surface area (Å²) >= 11 is 8.14. The van der Waals surface area contributed by atoms with Crippen molar-refractivity contribution >= 4 is 23.4 Å². The summed E-state index contributed by atoms with van der Waals surface area (Å²) < 4.78 is 6.09. The summed E-state index contributed by atoms with van der Waals surface area (Å²) in [5.41, 5.74) is 9.10. The Hall–Kier alpha value is -0.220. The van der Waals surface area contributed by atoms with Gasteiger partial charge in [-0.15, -0.1) is 0 Å². The van der Waals surface area contributed by atoms with Crippen molar-refractivity contribution in [1.82, 2.24) is 0 Å². The summed E-state index contributed by atoms with van der Waals surface area (Å²) in [5.74, 6) is 2.85. The monoisotopic (exact) mass is 311 g/mol. The van der Waals surface area contributed by atoms with Gasteiger partial charge in [0, 0.05) is 23.4 Å². The highest BCUT2D eigenvalue weighted by Crippen LogP contribution is 2.43. The smallest absolute Gasteiger partial charge is 0.0783 e. The Balaban J connectivity index is 1.79. The van der Waals surface area contributed by atoms with Crippen LogP contribution in [0.15, 0.2) is 18.2 Å². The van der Waals surface area contributed by atoms with Crippen LogP contribution in [0.5, 0.6) is 0 Å². The average Bonchev–Trinajstić information content (AvgIpc) is 2.88. The van der Waals surface area contributed by atoms with Crippen molar-refractivity contribution in [2.75, 3.05) is 18.1 Å². The Morgan fingerprint density at radius 1 is 1.50 bits per heavy atom. The molecule has 2 nitrogen and oxygen atoms in total. The Bertz CT molecular complexity index is 487. The molecule has 3 unspecified atom stereocenters. The van der Waals surface area contributed by atoms with Crippen LogP contribution in [0.3, 0.4) is 0 Å². The summed E-state index contributed by atoms with van der Waals surface area (Å²) in [6, 6.07) is 6.11. The molecular weight excluding hydrogens is 290 g/mol. The van der Waals surface area contributed by atoms with Gasteiger partial charge >= 0.3 is 0 Å². The lowest BCUT2D eigenvalue weighted by molar-refractivity contribution is -0.0834. The maximum Gasteiger partial charge on any atom is 0.0783 e. The van der Waals surface area contributed by atoms with E-state index in [4.69, 9.17) is 22.1 Å². The van der Waals surface area contributed by atoms with E-state index >= 15 is 0 Å². The molecule has 2 aliphatic heterocycles.